The van der Waals surface area contributed by atoms with Crippen molar-refractivity contribution in [3.8, 4) is 0 Å². The van der Waals surface area contributed by atoms with Gasteiger partial charge in [-0.1, -0.05) is 0 Å². The number of carbonyl (C=O) groups excluding carboxylic acids is 1. The van der Waals surface area contributed by atoms with Crippen molar-refractivity contribution < 1.29 is 4.79 Å². The lowest BCUT2D eigenvalue weighted by molar-refractivity contribution is 0.0949. The number of carbonyl (C=O) groups is 1. The van der Waals surface area contributed by atoms with E-state index in [2.05, 4.69) is 20.7 Å². The van der Waals surface area contributed by atoms with Crippen LogP contribution in [0.15, 0.2) is 23.4 Å². The maximum Gasteiger partial charge on any atom is 0.291 e. The first kappa shape index (κ1) is 8.32. The van der Waals surface area contributed by atoms with Gasteiger partial charge >= 0.3 is 0 Å². The lowest BCUT2D eigenvalue weighted by Gasteiger charge is -1.95. The molecule has 0 aliphatic heterocycles. The molecule has 0 spiro atoms. The van der Waals surface area contributed by atoms with E-state index in [4.69, 9.17) is 0 Å². The highest BCUT2D eigenvalue weighted by atomic mass is 16.2. The van der Waals surface area contributed by atoms with E-state index in [1.165, 1.54) is 12.4 Å². The van der Waals surface area contributed by atoms with Crippen LogP contribution in [0.2, 0.25) is 0 Å². The van der Waals surface area contributed by atoms with Crippen molar-refractivity contribution in [3.05, 3.63) is 24.0 Å². The maximum atomic E-state index is 11.1. The van der Waals surface area contributed by atoms with Crippen LogP contribution < -0.4 is 5.43 Å². The quantitative estimate of drug-likeness (QED) is 0.502. The topological polar surface area (TPSA) is 67.2 Å². The zero-order valence-corrected chi connectivity index (χ0v) is 6.56. The molecule has 0 aromatic carbocycles. The first-order valence-corrected chi connectivity index (χ1v) is 3.40. The number of amides is 1. The minimum absolute atomic E-state index is 0.253. The number of rotatable bonds is 2. The van der Waals surface area contributed by atoms with Crippen LogP contribution in [0.1, 0.15) is 17.4 Å². The van der Waals surface area contributed by atoms with E-state index in [0.29, 0.717) is 0 Å². The Balaban J connectivity index is 2.66. The molecule has 0 aliphatic carbocycles. The summed E-state index contributed by atoms with van der Waals surface area (Å²) in [7, 11) is 0. The Morgan fingerprint density at radius 2 is 2.58 bits per heavy atom. The highest BCUT2D eigenvalue weighted by molar-refractivity contribution is 5.92. The molecular weight excluding hydrogens is 156 g/mol. The number of nitrogens with zero attached hydrogens (tertiary/aromatic N) is 3. The molecule has 0 fully saturated rings. The summed E-state index contributed by atoms with van der Waals surface area (Å²) >= 11 is 0. The van der Waals surface area contributed by atoms with Gasteiger partial charge in [-0.2, -0.15) is 10.2 Å². The summed E-state index contributed by atoms with van der Waals surface area (Å²) in [4.78, 5) is 11.1. The summed E-state index contributed by atoms with van der Waals surface area (Å²) in [5.41, 5.74) is 2.53. The lowest BCUT2D eigenvalue weighted by Crippen LogP contribution is -2.18. The SMILES string of the molecule is CC=NNC(=O)c1cccnn1. The minimum atomic E-state index is -0.360. The van der Waals surface area contributed by atoms with Crippen LogP contribution in [0.25, 0.3) is 0 Å². The Hall–Kier alpha value is -1.78. The van der Waals surface area contributed by atoms with Gasteiger partial charge in [-0.3, -0.25) is 4.79 Å². The van der Waals surface area contributed by atoms with Gasteiger partial charge in [-0.15, -0.1) is 5.10 Å². The summed E-state index contributed by atoms with van der Waals surface area (Å²) in [5.74, 6) is -0.360. The fourth-order valence-electron chi connectivity index (χ4n) is 0.603. The van der Waals surface area contributed by atoms with Crippen molar-refractivity contribution >= 4 is 12.1 Å². The van der Waals surface area contributed by atoms with Crippen molar-refractivity contribution in [1.82, 2.24) is 15.6 Å². The molecule has 1 N–H and O–H groups in total. The van der Waals surface area contributed by atoms with Gasteiger partial charge in [0, 0.05) is 12.4 Å². The molecule has 0 atom stereocenters. The smallest absolute Gasteiger partial charge is 0.265 e. The molecule has 1 aromatic rings. The van der Waals surface area contributed by atoms with Crippen LogP contribution in [-0.4, -0.2) is 22.3 Å². The Morgan fingerprint density at radius 1 is 1.75 bits per heavy atom. The monoisotopic (exact) mass is 164 g/mol. The Morgan fingerprint density at radius 3 is 3.17 bits per heavy atom. The molecule has 5 nitrogen and oxygen atoms in total. The lowest BCUT2D eigenvalue weighted by atomic mass is 10.4. The minimum Gasteiger partial charge on any atom is -0.265 e. The number of hydrogen-bond donors (Lipinski definition) is 1. The predicted octanol–water partition coefficient (Wildman–Crippen LogP) is 0.212. The second-order valence-electron chi connectivity index (χ2n) is 1.94. The third-order valence-corrected chi connectivity index (χ3v) is 1.10. The molecule has 62 valence electrons. The summed E-state index contributed by atoms with van der Waals surface area (Å²) in [6.45, 7) is 1.71. The Labute approximate surface area is 69.5 Å². The van der Waals surface area contributed by atoms with Gasteiger partial charge in [0.25, 0.3) is 5.91 Å². The van der Waals surface area contributed by atoms with Gasteiger partial charge in [0.05, 0.1) is 0 Å². The first-order valence-electron chi connectivity index (χ1n) is 3.40. The highest BCUT2D eigenvalue weighted by Gasteiger charge is 2.03. The highest BCUT2D eigenvalue weighted by Crippen LogP contribution is 1.89. The second kappa shape index (κ2) is 4.17. The van der Waals surface area contributed by atoms with E-state index in [1.54, 1.807) is 19.1 Å². The number of hydrazone groups is 1. The molecule has 0 radical (unpaired) electrons. The predicted molar refractivity (Wildman–Crippen MR) is 43.7 cm³/mol. The van der Waals surface area contributed by atoms with Crippen molar-refractivity contribution in [3.63, 3.8) is 0 Å². The molecule has 12 heavy (non-hydrogen) atoms. The molecular formula is C7H8N4O. The van der Waals surface area contributed by atoms with Gasteiger partial charge in [0.15, 0.2) is 5.69 Å². The molecule has 1 aromatic heterocycles. The standard InChI is InChI=1S/C7H8N4O/c1-2-8-11-7(12)6-4-3-5-9-10-6/h2-5H,1H3,(H,11,12). The zero-order valence-electron chi connectivity index (χ0n) is 6.56. The molecule has 0 saturated heterocycles. The number of nitrogens with one attached hydrogen (secondary N) is 1. The Kier molecular flexibility index (Phi) is 2.89. The average Bonchev–Trinajstić information content (AvgIpc) is 2.15. The average molecular weight is 164 g/mol. The van der Waals surface area contributed by atoms with Crippen LogP contribution >= 0.6 is 0 Å². The van der Waals surface area contributed by atoms with Crippen molar-refractivity contribution in [1.29, 1.82) is 0 Å². The van der Waals surface area contributed by atoms with E-state index < -0.39 is 0 Å². The van der Waals surface area contributed by atoms with Crippen LogP contribution in [0, 0.1) is 0 Å². The molecule has 0 saturated carbocycles. The van der Waals surface area contributed by atoms with Gasteiger partial charge in [0.1, 0.15) is 0 Å². The molecule has 1 amide bonds. The maximum absolute atomic E-state index is 11.1. The van der Waals surface area contributed by atoms with E-state index in [9.17, 15) is 4.79 Å². The van der Waals surface area contributed by atoms with Crippen LogP contribution in [0.3, 0.4) is 0 Å². The van der Waals surface area contributed by atoms with Gasteiger partial charge in [0.2, 0.25) is 0 Å². The molecule has 5 heteroatoms. The summed E-state index contributed by atoms with van der Waals surface area (Å²) in [5, 5.41) is 10.7. The molecule has 0 unspecified atom stereocenters. The van der Waals surface area contributed by atoms with Crippen LogP contribution in [-0.2, 0) is 0 Å². The summed E-state index contributed by atoms with van der Waals surface area (Å²) in [6, 6.07) is 3.20. The number of hydrogen-bond acceptors (Lipinski definition) is 4. The molecule has 1 rings (SSSR count). The summed E-state index contributed by atoms with van der Waals surface area (Å²) in [6.07, 6.45) is 2.98. The summed E-state index contributed by atoms with van der Waals surface area (Å²) < 4.78 is 0. The normalized spacial score (nSPS) is 10.1. The third-order valence-electron chi connectivity index (χ3n) is 1.10. The largest absolute Gasteiger partial charge is 0.291 e. The van der Waals surface area contributed by atoms with E-state index >= 15 is 0 Å². The van der Waals surface area contributed by atoms with Gasteiger partial charge in [-0.05, 0) is 19.1 Å². The third kappa shape index (κ3) is 2.12. The second-order valence-corrected chi connectivity index (χ2v) is 1.94. The van der Waals surface area contributed by atoms with E-state index in [-0.39, 0.29) is 11.6 Å². The molecule has 0 bridgehead atoms. The fraction of sp³-hybridized carbons (Fsp3) is 0.143. The fourth-order valence-corrected chi connectivity index (χ4v) is 0.603. The zero-order chi connectivity index (χ0) is 8.81. The first-order chi connectivity index (χ1) is 5.84. The van der Waals surface area contributed by atoms with Gasteiger partial charge < -0.3 is 0 Å². The number of aromatic nitrogens is 2. The molecule has 0 aliphatic rings. The van der Waals surface area contributed by atoms with Crippen LogP contribution in [0.5, 0.6) is 0 Å². The van der Waals surface area contributed by atoms with E-state index in [0.717, 1.165) is 0 Å². The van der Waals surface area contributed by atoms with Crippen molar-refractivity contribution in [2.75, 3.05) is 0 Å². The van der Waals surface area contributed by atoms with Crippen molar-refractivity contribution in [2.45, 2.75) is 6.92 Å². The van der Waals surface area contributed by atoms with Gasteiger partial charge in [-0.25, -0.2) is 5.43 Å². The Bertz CT molecular complexity index is 283. The van der Waals surface area contributed by atoms with Crippen LogP contribution in [0.4, 0.5) is 0 Å². The van der Waals surface area contributed by atoms with Crippen molar-refractivity contribution in [2.24, 2.45) is 5.10 Å². The van der Waals surface area contributed by atoms with E-state index in [1.807, 2.05) is 0 Å². The molecule has 1 heterocycles.